The molecule has 2 heterocycles. The van der Waals surface area contributed by atoms with Gasteiger partial charge in [0, 0.05) is 43.8 Å². The molecule has 8 heteroatoms. The van der Waals surface area contributed by atoms with Gasteiger partial charge in [-0.3, -0.25) is 15.0 Å². The van der Waals surface area contributed by atoms with Crippen LogP contribution in [0.25, 0.3) is 6.08 Å². The van der Waals surface area contributed by atoms with Crippen molar-refractivity contribution in [2.45, 2.75) is 44.6 Å². The third-order valence-corrected chi connectivity index (χ3v) is 5.62. The molecule has 1 saturated carbocycles. The van der Waals surface area contributed by atoms with Crippen molar-refractivity contribution in [3.8, 4) is 0 Å². The Morgan fingerprint density at radius 2 is 2.11 bits per heavy atom. The van der Waals surface area contributed by atoms with Gasteiger partial charge >= 0.3 is 0 Å². The van der Waals surface area contributed by atoms with Crippen LogP contribution in [0.1, 0.15) is 44.2 Å². The number of nitrogens with one attached hydrogen (secondary N) is 2. The molecule has 1 aromatic heterocycles. The number of hydroxylamine groups is 1. The van der Waals surface area contributed by atoms with Gasteiger partial charge in [-0.1, -0.05) is 19.3 Å². The molecule has 1 amide bonds. The first-order valence-electron chi connectivity index (χ1n) is 9.66. The van der Waals surface area contributed by atoms with Crippen molar-refractivity contribution in [2.24, 2.45) is 5.41 Å². The number of likely N-dealkylation sites (tertiary alicyclic amines) is 1. The highest BCUT2D eigenvalue weighted by Crippen LogP contribution is 2.37. The maximum absolute atomic E-state index is 11.0. The van der Waals surface area contributed by atoms with Gasteiger partial charge in [0.2, 0.25) is 0 Å². The van der Waals surface area contributed by atoms with Crippen molar-refractivity contribution >= 4 is 17.8 Å². The van der Waals surface area contributed by atoms with E-state index in [2.05, 4.69) is 20.2 Å². The molecule has 0 aromatic carbocycles. The van der Waals surface area contributed by atoms with Crippen LogP contribution in [0.2, 0.25) is 0 Å². The zero-order chi connectivity index (χ0) is 19.1. The van der Waals surface area contributed by atoms with Gasteiger partial charge in [0.1, 0.15) is 5.82 Å². The minimum absolute atomic E-state index is 0.0851. The lowest BCUT2D eigenvalue weighted by molar-refractivity contribution is -0.124. The van der Waals surface area contributed by atoms with Gasteiger partial charge in [-0.25, -0.2) is 10.5 Å². The third-order valence-electron chi connectivity index (χ3n) is 5.62. The van der Waals surface area contributed by atoms with Gasteiger partial charge < -0.3 is 15.3 Å². The molecule has 0 unspecified atom stereocenters. The molecule has 1 aliphatic carbocycles. The quantitative estimate of drug-likeness (QED) is 0.324. The lowest BCUT2D eigenvalue weighted by Crippen LogP contribution is -2.41. The Morgan fingerprint density at radius 1 is 1.30 bits per heavy atom. The van der Waals surface area contributed by atoms with E-state index in [1.807, 2.05) is 0 Å². The summed E-state index contributed by atoms with van der Waals surface area (Å²) in [6, 6.07) is 0.320. The van der Waals surface area contributed by atoms with Crippen LogP contribution >= 0.6 is 0 Å². The van der Waals surface area contributed by atoms with Crippen molar-refractivity contribution in [2.75, 3.05) is 31.6 Å². The van der Waals surface area contributed by atoms with E-state index in [1.165, 1.54) is 36.9 Å². The second-order valence-electron chi connectivity index (χ2n) is 7.72. The van der Waals surface area contributed by atoms with Crippen molar-refractivity contribution in [3.05, 3.63) is 24.2 Å². The maximum Gasteiger partial charge on any atom is 0.267 e. The van der Waals surface area contributed by atoms with E-state index in [0.717, 1.165) is 38.9 Å². The number of hydrogen-bond donors (Lipinski definition) is 4. The summed E-state index contributed by atoms with van der Waals surface area (Å²) < 4.78 is 0. The molecule has 1 saturated heterocycles. The van der Waals surface area contributed by atoms with Crippen LogP contribution in [0.3, 0.4) is 0 Å². The van der Waals surface area contributed by atoms with Crippen LogP contribution in [0, 0.1) is 5.41 Å². The summed E-state index contributed by atoms with van der Waals surface area (Å²) >= 11 is 0. The third kappa shape index (κ3) is 5.47. The number of anilines is 1. The number of aliphatic hydroxyl groups is 1. The fraction of sp³-hybridized carbons (Fsp3) is 0.632. The van der Waals surface area contributed by atoms with E-state index < -0.39 is 5.91 Å². The summed E-state index contributed by atoms with van der Waals surface area (Å²) in [5, 5.41) is 21.8. The van der Waals surface area contributed by atoms with Gasteiger partial charge in [0.15, 0.2) is 0 Å². The number of rotatable bonds is 7. The van der Waals surface area contributed by atoms with E-state index in [4.69, 9.17) is 5.21 Å². The molecule has 1 atom stereocenters. The summed E-state index contributed by atoms with van der Waals surface area (Å²) in [6.07, 6.45) is 13.0. The number of hydrogen-bond acceptors (Lipinski definition) is 7. The monoisotopic (exact) mass is 375 g/mol. The Morgan fingerprint density at radius 3 is 2.78 bits per heavy atom. The lowest BCUT2D eigenvalue weighted by atomic mass is 9.74. The highest BCUT2D eigenvalue weighted by atomic mass is 16.5. The Kier molecular flexibility index (Phi) is 6.76. The SMILES string of the molecule is O=C(/C=C/c1cnc(N[C@@H]2CCN(CC3(CO)CCCCC3)C2)cn1)NO. The zero-order valence-corrected chi connectivity index (χ0v) is 15.6. The summed E-state index contributed by atoms with van der Waals surface area (Å²) in [5.74, 6) is 0.101. The first-order valence-corrected chi connectivity index (χ1v) is 9.66. The molecule has 2 aliphatic rings. The molecular formula is C19H29N5O3. The van der Waals surface area contributed by atoms with E-state index in [9.17, 15) is 9.90 Å². The smallest absolute Gasteiger partial charge is 0.267 e. The number of carbonyl (C=O) groups is 1. The predicted molar refractivity (Wildman–Crippen MR) is 102 cm³/mol. The second kappa shape index (κ2) is 9.25. The molecule has 3 rings (SSSR count). The van der Waals surface area contributed by atoms with Crippen LogP contribution in [0.15, 0.2) is 18.5 Å². The van der Waals surface area contributed by atoms with Crippen LogP contribution in [-0.2, 0) is 4.79 Å². The predicted octanol–water partition coefficient (Wildman–Crippen LogP) is 1.42. The minimum atomic E-state index is -0.608. The van der Waals surface area contributed by atoms with Crippen molar-refractivity contribution in [1.29, 1.82) is 0 Å². The van der Waals surface area contributed by atoms with E-state index in [0.29, 0.717) is 17.6 Å². The number of aliphatic hydroxyl groups excluding tert-OH is 1. The number of amides is 1. The average Bonchev–Trinajstić information content (AvgIpc) is 3.14. The summed E-state index contributed by atoms with van der Waals surface area (Å²) in [4.78, 5) is 22.0. The van der Waals surface area contributed by atoms with E-state index in [-0.39, 0.29) is 12.0 Å². The number of nitrogens with zero attached hydrogens (tertiary/aromatic N) is 3. The Bertz CT molecular complexity index is 643. The first kappa shape index (κ1) is 19.7. The second-order valence-corrected chi connectivity index (χ2v) is 7.72. The molecule has 0 bridgehead atoms. The standard InChI is InChI=1S/C19H29N5O3/c25-14-19(7-2-1-3-8-19)13-24-9-6-16(12-24)22-17-11-20-15(10-21-17)4-5-18(26)23-27/h4-5,10-11,16,25,27H,1-3,6-9,12-14H2,(H,21,22)(H,23,26)/b5-4+/t16-/m1/s1. The molecule has 148 valence electrons. The Hall–Kier alpha value is -2.03. The van der Waals surface area contributed by atoms with Gasteiger partial charge in [-0.05, 0) is 25.3 Å². The van der Waals surface area contributed by atoms with Crippen molar-refractivity contribution in [3.63, 3.8) is 0 Å². The molecule has 4 N–H and O–H groups in total. The van der Waals surface area contributed by atoms with Crippen LogP contribution < -0.4 is 10.8 Å². The Balaban J connectivity index is 1.49. The molecule has 2 fully saturated rings. The summed E-state index contributed by atoms with van der Waals surface area (Å²) in [6.45, 7) is 3.24. The van der Waals surface area contributed by atoms with Crippen molar-refractivity contribution < 1.29 is 15.1 Å². The van der Waals surface area contributed by atoms with Gasteiger partial charge in [0.25, 0.3) is 5.91 Å². The molecule has 1 aliphatic heterocycles. The maximum atomic E-state index is 11.0. The number of carbonyl (C=O) groups excluding carboxylic acids is 1. The molecule has 1 aromatic rings. The molecule has 8 nitrogen and oxygen atoms in total. The molecule has 0 spiro atoms. The largest absolute Gasteiger partial charge is 0.396 e. The topological polar surface area (TPSA) is 111 Å². The first-order chi connectivity index (χ1) is 13.1. The van der Waals surface area contributed by atoms with Crippen LogP contribution in [0.5, 0.6) is 0 Å². The molecule has 27 heavy (non-hydrogen) atoms. The minimum Gasteiger partial charge on any atom is -0.396 e. The molecular weight excluding hydrogens is 346 g/mol. The fourth-order valence-electron chi connectivity index (χ4n) is 4.14. The van der Waals surface area contributed by atoms with E-state index >= 15 is 0 Å². The lowest BCUT2D eigenvalue weighted by Gasteiger charge is -2.38. The average molecular weight is 375 g/mol. The van der Waals surface area contributed by atoms with Crippen LogP contribution in [0.4, 0.5) is 5.82 Å². The Labute approximate surface area is 159 Å². The fourth-order valence-corrected chi connectivity index (χ4v) is 4.14. The molecule has 0 radical (unpaired) electrons. The van der Waals surface area contributed by atoms with Gasteiger partial charge in [-0.2, -0.15) is 0 Å². The van der Waals surface area contributed by atoms with Crippen molar-refractivity contribution in [1.82, 2.24) is 20.3 Å². The highest BCUT2D eigenvalue weighted by molar-refractivity contribution is 5.90. The van der Waals surface area contributed by atoms with E-state index in [1.54, 1.807) is 12.4 Å². The van der Waals surface area contributed by atoms with Gasteiger partial charge in [0.05, 0.1) is 18.1 Å². The van der Waals surface area contributed by atoms with Crippen LogP contribution in [-0.4, -0.2) is 63.4 Å². The summed E-state index contributed by atoms with van der Waals surface area (Å²) in [5.41, 5.74) is 2.15. The normalized spacial score (nSPS) is 22.8. The highest BCUT2D eigenvalue weighted by Gasteiger charge is 2.35. The summed E-state index contributed by atoms with van der Waals surface area (Å²) in [7, 11) is 0. The zero-order valence-electron chi connectivity index (χ0n) is 15.6. The van der Waals surface area contributed by atoms with Gasteiger partial charge in [-0.15, -0.1) is 0 Å². The number of aromatic nitrogens is 2.